The van der Waals surface area contributed by atoms with E-state index in [-0.39, 0.29) is 16.4 Å². The lowest BCUT2D eigenvalue weighted by molar-refractivity contribution is -0.260. The number of amides is 2. The summed E-state index contributed by atoms with van der Waals surface area (Å²) >= 11 is 5.83. The largest absolute Gasteiger partial charge is 0.465 e. The first-order chi connectivity index (χ1) is 12.6. The molecule has 0 saturated carbocycles. The fourth-order valence-electron chi connectivity index (χ4n) is 2.73. The number of hydrogen-bond acceptors (Lipinski definition) is 4. The number of anilines is 2. The maximum absolute atomic E-state index is 14.1. The van der Waals surface area contributed by atoms with Crippen LogP contribution in [0.3, 0.4) is 0 Å². The number of carboxylic acid groups (broad SMARTS) is 1. The van der Waals surface area contributed by atoms with Crippen molar-refractivity contribution < 1.29 is 32.6 Å². The Hall–Kier alpha value is -3.01. The van der Waals surface area contributed by atoms with E-state index in [2.05, 4.69) is 15.0 Å². The van der Waals surface area contributed by atoms with Gasteiger partial charge in [-0.3, -0.25) is 15.2 Å². The molecule has 1 atom stereocenters. The third-order valence-corrected chi connectivity index (χ3v) is 4.18. The molecule has 7 nitrogen and oxygen atoms in total. The summed E-state index contributed by atoms with van der Waals surface area (Å²) in [4.78, 5) is 27.6. The van der Waals surface area contributed by atoms with Crippen molar-refractivity contribution in [2.24, 2.45) is 0 Å². The summed E-state index contributed by atoms with van der Waals surface area (Å²) in [6.07, 6.45) is -5.76. The lowest BCUT2D eigenvalue weighted by Gasteiger charge is -2.41. The van der Waals surface area contributed by atoms with Crippen molar-refractivity contribution in [3.63, 3.8) is 0 Å². The maximum Gasteiger partial charge on any atom is 0.434 e. The van der Waals surface area contributed by atoms with E-state index < -0.39 is 36.1 Å². The Balaban J connectivity index is 2.19. The van der Waals surface area contributed by atoms with Crippen LogP contribution in [-0.4, -0.2) is 35.0 Å². The highest BCUT2D eigenvalue weighted by Gasteiger charge is 2.63. The Labute approximate surface area is 155 Å². The number of fused-ring (bicyclic) bond motifs is 1. The summed E-state index contributed by atoms with van der Waals surface area (Å²) in [5.74, 6) is 0. The first-order valence-electron chi connectivity index (χ1n) is 7.41. The molecule has 1 aliphatic heterocycles. The van der Waals surface area contributed by atoms with Crippen LogP contribution in [0.25, 0.3) is 0 Å². The van der Waals surface area contributed by atoms with Gasteiger partial charge < -0.3 is 9.84 Å². The molecule has 0 bridgehead atoms. The smallest absolute Gasteiger partial charge is 0.434 e. The first-order valence-corrected chi connectivity index (χ1v) is 7.79. The predicted octanol–water partition coefficient (Wildman–Crippen LogP) is 4.24. The van der Waals surface area contributed by atoms with Gasteiger partial charge in [-0.15, -0.1) is 0 Å². The Morgan fingerprint density at radius 2 is 2.11 bits per heavy atom. The fraction of sp³-hybridized carbons (Fsp3) is 0.188. The van der Waals surface area contributed by atoms with Crippen LogP contribution in [0.1, 0.15) is 5.56 Å². The number of pyridine rings is 1. The Morgan fingerprint density at radius 3 is 2.70 bits per heavy atom. The zero-order valence-electron chi connectivity index (χ0n) is 13.3. The van der Waals surface area contributed by atoms with Gasteiger partial charge >= 0.3 is 18.4 Å². The molecule has 2 heterocycles. The molecule has 27 heavy (non-hydrogen) atoms. The van der Waals surface area contributed by atoms with Gasteiger partial charge in [0, 0.05) is 16.8 Å². The molecule has 0 saturated heterocycles. The topological polar surface area (TPSA) is 91.8 Å². The zero-order chi connectivity index (χ0) is 19.8. The predicted molar refractivity (Wildman–Crippen MR) is 88.9 cm³/mol. The molecule has 1 aliphatic rings. The van der Waals surface area contributed by atoms with Crippen LogP contribution in [0.2, 0.25) is 5.02 Å². The number of ether oxygens (including phenoxy) is 1. The molecule has 11 heteroatoms. The molecule has 1 aromatic carbocycles. The molecule has 2 amide bonds. The summed E-state index contributed by atoms with van der Waals surface area (Å²) in [7, 11) is 0. The van der Waals surface area contributed by atoms with Crippen molar-refractivity contribution >= 4 is 35.2 Å². The lowest BCUT2D eigenvalue weighted by Crippen LogP contribution is -2.57. The van der Waals surface area contributed by atoms with Gasteiger partial charge in [0.2, 0.25) is 0 Å². The SMILES string of the molecule is O=C1Nc2ccc(Cl)cc2C(CN(C(=O)O)c2cccnc2)(C(F)(F)F)O1. The van der Waals surface area contributed by atoms with E-state index in [4.69, 9.17) is 11.6 Å². The number of hydrogen-bond donors (Lipinski definition) is 2. The highest BCUT2D eigenvalue weighted by molar-refractivity contribution is 6.30. The minimum atomic E-state index is -5.14. The Morgan fingerprint density at radius 1 is 1.37 bits per heavy atom. The second-order valence-electron chi connectivity index (χ2n) is 5.61. The van der Waals surface area contributed by atoms with Crippen molar-refractivity contribution in [1.29, 1.82) is 0 Å². The first kappa shape index (κ1) is 18.8. The molecule has 1 aromatic heterocycles. The molecular weight excluding hydrogens is 391 g/mol. The van der Waals surface area contributed by atoms with Gasteiger partial charge in [0.05, 0.1) is 24.1 Å². The van der Waals surface area contributed by atoms with E-state index >= 15 is 0 Å². The Kier molecular flexibility index (Phi) is 4.60. The van der Waals surface area contributed by atoms with E-state index in [1.165, 1.54) is 30.5 Å². The number of carbonyl (C=O) groups excluding carboxylic acids is 1. The highest BCUT2D eigenvalue weighted by Crippen LogP contribution is 2.49. The molecule has 1 unspecified atom stereocenters. The summed E-state index contributed by atoms with van der Waals surface area (Å²) in [5, 5.41) is 11.6. The van der Waals surface area contributed by atoms with Crippen molar-refractivity contribution in [2.45, 2.75) is 11.8 Å². The lowest BCUT2D eigenvalue weighted by atomic mass is 9.89. The molecule has 0 fully saturated rings. The average Bonchev–Trinajstić information content (AvgIpc) is 2.59. The second-order valence-corrected chi connectivity index (χ2v) is 6.05. The zero-order valence-corrected chi connectivity index (χ0v) is 14.1. The van der Waals surface area contributed by atoms with Crippen LogP contribution in [0, 0.1) is 0 Å². The van der Waals surface area contributed by atoms with Crippen molar-refractivity contribution in [3.05, 3.63) is 53.3 Å². The number of aromatic nitrogens is 1. The molecule has 0 radical (unpaired) electrons. The normalized spacial score (nSPS) is 18.9. The number of nitrogens with zero attached hydrogens (tertiary/aromatic N) is 2. The minimum Gasteiger partial charge on any atom is -0.465 e. The summed E-state index contributed by atoms with van der Waals surface area (Å²) in [6, 6.07) is 6.10. The van der Waals surface area contributed by atoms with Crippen molar-refractivity contribution in [1.82, 2.24) is 4.98 Å². The average molecular weight is 402 g/mol. The maximum atomic E-state index is 14.1. The van der Waals surface area contributed by atoms with Crippen LogP contribution in [0.5, 0.6) is 0 Å². The quantitative estimate of drug-likeness (QED) is 0.802. The number of carbonyl (C=O) groups is 2. The van der Waals surface area contributed by atoms with Gasteiger partial charge in [-0.25, -0.2) is 9.59 Å². The summed E-state index contributed by atoms with van der Waals surface area (Å²) in [6.45, 7) is -1.24. The highest BCUT2D eigenvalue weighted by atomic mass is 35.5. The third-order valence-electron chi connectivity index (χ3n) is 3.95. The van der Waals surface area contributed by atoms with Gasteiger partial charge in [-0.1, -0.05) is 11.6 Å². The molecule has 0 aliphatic carbocycles. The van der Waals surface area contributed by atoms with Gasteiger partial charge in [-0.05, 0) is 30.3 Å². The summed E-state index contributed by atoms with van der Waals surface area (Å²) < 4.78 is 47.1. The van der Waals surface area contributed by atoms with Gasteiger partial charge in [0.25, 0.3) is 5.60 Å². The van der Waals surface area contributed by atoms with Crippen LogP contribution < -0.4 is 10.2 Å². The van der Waals surface area contributed by atoms with Gasteiger partial charge in [-0.2, -0.15) is 13.2 Å². The standard InChI is InChI=1S/C16H11ClF3N3O4/c17-9-3-4-12-11(6-9)15(16(18,19)20,27-13(24)22-12)8-23(14(25)26)10-2-1-5-21-7-10/h1-7H,8H2,(H,22,24)(H,25,26). The molecule has 3 rings (SSSR count). The van der Waals surface area contributed by atoms with Crippen molar-refractivity contribution in [2.75, 3.05) is 16.8 Å². The molecule has 2 aromatic rings. The second kappa shape index (κ2) is 6.62. The number of nitrogens with one attached hydrogen (secondary N) is 1. The fourth-order valence-corrected chi connectivity index (χ4v) is 2.90. The molecular formula is C16H11ClF3N3O4. The van der Waals surface area contributed by atoms with E-state index in [0.29, 0.717) is 4.90 Å². The van der Waals surface area contributed by atoms with E-state index in [1.54, 1.807) is 0 Å². The Bertz CT molecular complexity index is 894. The molecule has 2 N–H and O–H groups in total. The van der Waals surface area contributed by atoms with E-state index in [9.17, 15) is 27.9 Å². The number of halogens is 4. The van der Waals surface area contributed by atoms with Crippen LogP contribution in [0.15, 0.2) is 42.7 Å². The number of rotatable bonds is 3. The number of benzene rings is 1. The van der Waals surface area contributed by atoms with Gasteiger partial charge in [0.1, 0.15) is 0 Å². The van der Waals surface area contributed by atoms with Gasteiger partial charge in [0.15, 0.2) is 0 Å². The van der Waals surface area contributed by atoms with Crippen LogP contribution in [-0.2, 0) is 10.3 Å². The van der Waals surface area contributed by atoms with E-state index in [0.717, 1.165) is 12.3 Å². The summed E-state index contributed by atoms with van der Waals surface area (Å²) in [5.41, 5.74) is -4.06. The number of cyclic esters (lactones) is 1. The van der Waals surface area contributed by atoms with Crippen molar-refractivity contribution in [3.8, 4) is 0 Å². The van der Waals surface area contributed by atoms with E-state index in [1.807, 2.05) is 0 Å². The molecule has 142 valence electrons. The van der Waals surface area contributed by atoms with Crippen LogP contribution >= 0.6 is 11.6 Å². The van der Waals surface area contributed by atoms with Crippen LogP contribution in [0.4, 0.5) is 34.1 Å². The third kappa shape index (κ3) is 3.35. The molecule has 0 spiro atoms. The number of alkyl halides is 3. The monoisotopic (exact) mass is 401 g/mol. The minimum absolute atomic E-state index is 0.0367.